The van der Waals surface area contributed by atoms with E-state index in [0.29, 0.717) is 16.1 Å². The molecule has 1 amide bonds. The summed E-state index contributed by atoms with van der Waals surface area (Å²) in [6, 6.07) is 6.19. The number of thioether (sulfide) groups is 1. The zero-order valence-electron chi connectivity index (χ0n) is 11.1. The van der Waals surface area contributed by atoms with Crippen molar-refractivity contribution in [2.24, 2.45) is 0 Å². The van der Waals surface area contributed by atoms with Gasteiger partial charge in [0.05, 0.1) is 5.39 Å². The van der Waals surface area contributed by atoms with Crippen LogP contribution >= 0.6 is 39.0 Å². The molecule has 3 aromatic rings. The quantitative estimate of drug-likeness (QED) is 0.538. The van der Waals surface area contributed by atoms with Crippen molar-refractivity contribution in [3.05, 3.63) is 44.7 Å². The van der Waals surface area contributed by atoms with E-state index in [1.807, 2.05) is 6.26 Å². The molecule has 1 aromatic carbocycles. The van der Waals surface area contributed by atoms with Crippen LogP contribution in [0.1, 0.15) is 10.6 Å². The van der Waals surface area contributed by atoms with Crippen LogP contribution in [-0.4, -0.2) is 22.4 Å². The number of nitrogens with zero attached hydrogens (tertiary/aromatic N) is 2. The Hall–Kier alpha value is -1.71. The number of aromatic nitrogens is 2. The number of rotatable bonds is 3. The molecule has 0 fully saturated rings. The fourth-order valence-electron chi connectivity index (χ4n) is 1.74. The summed E-state index contributed by atoms with van der Waals surface area (Å²) < 4.78 is 6.99. The van der Waals surface area contributed by atoms with E-state index in [0.717, 1.165) is 8.81 Å². The third-order valence-corrected chi connectivity index (χ3v) is 5.02. The van der Waals surface area contributed by atoms with E-state index < -0.39 is 5.91 Å². The van der Waals surface area contributed by atoms with Crippen molar-refractivity contribution in [2.45, 2.75) is 4.34 Å². The van der Waals surface area contributed by atoms with Crippen molar-refractivity contribution < 1.29 is 9.21 Å². The molecular weight excluding hydrogens is 390 g/mol. The highest BCUT2D eigenvalue weighted by atomic mass is 79.9. The van der Waals surface area contributed by atoms with E-state index >= 15 is 0 Å². The summed E-state index contributed by atoms with van der Waals surface area (Å²) in [6.45, 7) is 0. The Morgan fingerprint density at radius 2 is 2.18 bits per heavy atom. The lowest BCUT2D eigenvalue weighted by Gasteiger charge is -2.02. The molecule has 0 saturated heterocycles. The van der Waals surface area contributed by atoms with Gasteiger partial charge in [-0.05, 0) is 24.5 Å². The number of benzene rings is 1. The molecular formula is C13H8BrN3O3S2. The van der Waals surface area contributed by atoms with Crippen LogP contribution in [0.2, 0.25) is 0 Å². The summed E-state index contributed by atoms with van der Waals surface area (Å²) in [4.78, 5) is 24.2. The van der Waals surface area contributed by atoms with Crippen molar-refractivity contribution in [1.29, 1.82) is 0 Å². The molecule has 112 valence electrons. The predicted octanol–water partition coefficient (Wildman–Crippen LogP) is 3.38. The van der Waals surface area contributed by atoms with Gasteiger partial charge in [0.2, 0.25) is 5.13 Å². The maximum Gasteiger partial charge on any atom is 0.293 e. The number of carbonyl (C=O) groups is 1. The maximum absolute atomic E-state index is 12.2. The molecule has 9 heteroatoms. The van der Waals surface area contributed by atoms with E-state index in [9.17, 15) is 9.59 Å². The van der Waals surface area contributed by atoms with Crippen LogP contribution < -0.4 is 10.7 Å². The van der Waals surface area contributed by atoms with Crippen LogP contribution in [0.5, 0.6) is 0 Å². The highest BCUT2D eigenvalue weighted by Gasteiger charge is 2.15. The van der Waals surface area contributed by atoms with Gasteiger partial charge in [-0.2, -0.15) is 0 Å². The van der Waals surface area contributed by atoms with E-state index in [1.54, 1.807) is 18.2 Å². The van der Waals surface area contributed by atoms with Crippen LogP contribution in [-0.2, 0) is 0 Å². The summed E-state index contributed by atoms with van der Waals surface area (Å²) in [7, 11) is 0. The zero-order valence-corrected chi connectivity index (χ0v) is 14.3. The third kappa shape index (κ3) is 3.06. The molecule has 0 radical (unpaired) electrons. The van der Waals surface area contributed by atoms with Crippen molar-refractivity contribution >= 4 is 61.0 Å². The minimum absolute atomic E-state index is 0.0727. The van der Waals surface area contributed by atoms with Crippen LogP contribution in [0.15, 0.2) is 42.3 Å². The molecule has 0 saturated carbocycles. The molecule has 0 bridgehead atoms. The molecule has 0 atom stereocenters. The first kappa shape index (κ1) is 15.2. The topological polar surface area (TPSA) is 85.1 Å². The fourth-order valence-corrected chi connectivity index (χ4v) is 3.25. The second-order valence-corrected chi connectivity index (χ2v) is 7.09. The summed E-state index contributed by atoms with van der Waals surface area (Å²) in [5.74, 6) is -0.612. The smallest absolute Gasteiger partial charge is 0.293 e. The van der Waals surface area contributed by atoms with Crippen LogP contribution in [0.25, 0.3) is 11.0 Å². The lowest BCUT2D eigenvalue weighted by molar-refractivity contribution is 0.0997. The Labute approximate surface area is 141 Å². The standard InChI is InChI=1S/C13H8BrN3O3S2/c1-21-13-17-16-12(22-13)15-11(19)10-5-8(18)7-3-2-6(14)4-9(7)20-10/h2-5H,1H3,(H,15,16,19). The molecule has 0 unspecified atom stereocenters. The van der Waals surface area contributed by atoms with Gasteiger partial charge < -0.3 is 4.42 Å². The molecule has 0 aliphatic carbocycles. The Morgan fingerprint density at radius 3 is 2.91 bits per heavy atom. The molecule has 3 rings (SSSR count). The van der Waals surface area contributed by atoms with Gasteiger partial charge in [0.15, 0.2) is 15.5 Å². The Bertz CT molecular complexity index is 922. The first-order chi connectivity index (χ1) is 10.6. The summed E-state index contributed by atoms with van der Waals surface area (Å²) in [6.07, 6.45) is 1.87. The van der Waals surface area contributed by atoms with E-state index in [2.05, 4.69) is 31.4 Å². The second-order valence-electron chi connectivity index (χ2n) is 4.15. The normalized spacial score (nSPS) is 10.8. The molecule has 1 N–H and O–H groups in total. The molecule has 2 heterocycles. The molecule has 0 aliphatic heterocycles. The SMILES string of the molecule is CSc1nnc(NC(=O)c2cc(=O)c3ccc(Br)cc3o2)s1. The van der Waals surface area contributed by atoms with Crippen LogP contribution in [0.4, 0.5) is 5.13 Å². The first-order valence-corrected chi connectivity index (χ1v) is 8.82. The van der Waals surface area contributed by atoms with Crippen molar-refractivity contribution in [3.8, 4) is 0 Å². The summed E-state index contributed by atoms with van der Waals surface area (Å²) in [5, 5.41) is 11.1. The number of anilines is 1. The van der Waals surface area contributed by atoms with E-state index in [-0.39, 0.29) is 11.2 Å². The minimum Gasteiger partial charge on any atom is -0.451 e. The van der Waals surface area contributed by atoms with Gasteiger partial charge in [0.1, 0.15) is 5.58 Å². The summed E-state index contributed by atoms with van der Waals surface area (Å²) >= 11 is 5.98. The number of hydrogen-bond donors (Lipinski definition) is 1. The van der Waals surface area contributed by atoms with Crippen molar-refractivity contribution in [1.82, 2.24) is 10.2 Å². The van der Waals surface area contributed by atoms with Gasteiger partial charge in [-0.1, -0.05) is 39.0 Å². The third-order valence-electron chi connectivity index (χ3n) is 2.72. The molecule has 6 nitrogen and oxygen atoms in total. The van der Waals surface area contributed by atoms with Crippen molar-refractivity contribution in [2.75, 3.05) is 11.6 Å². The van der Waals surface area contributed by atoms with Gasteiger partial charge in [-0.15, -0.1) is 10.2 Å². The number of nitrogens with one attached hydrogen (secondary N) is 1. The zero-order chi connectivity index (χ0) is 15.7. The van der Waals surface area contributed by atoms with Gasteiger partial charge in [-0.25, -0.2) is 0 Å². The minimum atomic E-state index is -0.539. The average Bonchev–Trinajstić information content (AvgIpc) is 2.94. The second kappa shape index (κ2) is 6.19. The largest absolute Gasteiger partial charge is 0.451 e. The molecule has 0 spiro atoms. The van der Waals surface area contributed by atoms with Gasteiger partial charge in [-0.3, -0.25) is 14.9 Å². The first-order valence-electron chi connectivity index (χ1n) is 5.99. The van der Waals surface area contributed by atoms with E-state index in [1.165, 1.54) is 29.2 Å². The van der Waals surface area contributed by atoms with Crippen LogP contribution in [0.3, 0.4) is 0 Å². The van der Waals surface area contributed by atoms with E-state index in [4.69, 9.17) is 4.42 Å². The van der Waals surface area contributed by atoms with Gasteiger partial charge in [0.25, 0.3) is 5.91 Å². The molecule has 2 aromatic heterocycles. The Kier molecular flexibility index (Phi) is 4.27. The summed E-state index contributed by atoms with van der Waals surface area (Å²) in [5.41, 5.74) is 0.0649. The number of amides is 1. The number of fused-ring (bicyclic) bond motifs is 1. The maximum atomic E-state index is 12.2. The molecule has 0 aliphatic rings. The lowest BCUT2D eigenvalue weighted by atomic mass is 10.2. The van der Waals surface area contributed by atoms with Crippen LogP contribution in [0, 0.1) is 0 Å². The highest BCUT2D eigenvalue weighted by molar-refractivity contribution is 9.10. The Balaban J connectivity index is 1.95. The lowest BCUT2D eigenvalue weighted by Crippen LogP contribution is -2.14. The predicted molar refractivity (Wildman–Crippen MR) is 89.8 cm³/mol. The van der Waals surface area contributed by atoms with Crippen molar-refractivity contribution in [3.63, 3.8) is 0 Å². The Morgan fingerprint density at radius 1 is 1.36 bits per heavy atom. The van der Waals surface area contributed by atoms with Gasteiger partial charge in [0, 0.05) is 10.5 Å². The number of halogens is 1. The number of hydrogen-bond acceptors (Lipinski definition) is 7. The van der Waals surface area contributed by atoms with Gasteiger partial charge >= 0.3 is 0 Å². The number of carbonyl (C=O) groups excluding carboxylic acids is 1. The monoisotopic (exact) mass is 397 g/mol. The molecule has 22 heavy (non-hydrogen) atoms. The highest BCUT2D eigenvalue weighted by Crippen LogP contribution is 2.24. The average molecular weight is 398 g/mol. The fraction of sp³-hybridized carbons (Fsp3) is 0.0769.